The number of aromatic nitrogens is 1. The maximum atomic E-state index is 12.2. The Kier molecular flexibility index (Phi) is 5.10. The summed E-state index contributed by atoms with van der Waals surface area (Å²) in [5.74, 6) is 0.312. The third-order valence-electron chi connectivity index (χ3n) is 4.38. The highest BCUT2D eigenvalue weighted by molar-refractivity contribution is 7.80. The summed E-state index contributed by atoms with van der Waals surface area (Å²) in [5, 5.41) is 5.91. The molecule has 1 aromatic heterocycles. The molecule has 0 saturated carbocycles. The average Bonchev–Trinajstić information content (AvgIpc) is 3.11. The predicted octanol–water partition coefficient (Wildman–Crippen LogP) is 5.24. The molecule has 0 fully saturated rings. The van der Waals surface area contributed by atoms with Crippen LogP contribution in [0.25, 0.3) is 22.6 Å². The lowest BCUT2D eigenvalue weighted by Crippen LogP contribution is -2.34. The van der Waals surface area contributed by atoms with E-state index in [2.05, 4.69) is 21.7 Å². The predicted molar refractivity (Wildman–Crippen MR) is 119 cm³/mol. The lowest BCUT2D eigenvalue weighted by Gasteiger charge is -2.09. The number of hydrogen-bond donors (Lipinski definition) is 2. The van der Waals surface area contributed by atoms with Crippen LogP contribution in [0.1, 0.15) is 21.5 Å². The number of amides is 1. The molecule has 6 heteroatoms. The van der Waals surface area contributed by atoms with Crippen LogP contribution in [0.4, 0.5) is 5.69 Å². The van der Waals surface area contributed by atoms with Gasteiger partial charge in [-0.25, -0.2) is 4.98 Å². The number of benzene rings is 3. The summed E-state index contributed by atoms with van der Waals surface area (Å²) in [5.41, 5.74) is 5.91. The quantitative estimate of drug-likeness (QED) is 0.460. The summed E-state index contributed by atoms with van der Waals surface area (Å²) in [6, 6.07) is 20.6. The maximum absolute atomic E-state index is 12.2. The number of carbonyl (C=O) groups is 1. The average molecular weight is 401 g/mol. The SMILES string of the molecule is Cc1cc(C)cc(-c2nc3cc(NC(=S)NC(=O)c4ccccc4)ccc3o2)c1. The minimum absolute atomic E-state index is 0.219. The van der Waals surface area contributed by atoms with Crippen LogP contribution in [0.15, 0.2) is 71.1 Å². The Bertz CT molecular complexity index is 1200. The van der Waals surface area contributed by atoms with Crippen LogP contribution in [0, 0.1) is 13.8 Å². The Morgan fingerprint density at radius 1 is 0.966 bits per heavy atom. The molecule has 0 radical (unpaired) electrons. The van der Waals surface area contributed by atoms with Gasteiger partial charge in [-0.15, -0.1) is 0 Å². The van der Waals surface area contributed by atoms with Crippen molar-refractivity contribution >= 4 is 40.0 Å². The summed E-state index contributed by atoms with van der Waals surface area (Å²) in [6.07, 6.45) is 0. The number of carbonyl (C=O) groups excluding carboxylic acids is 1. The van der Waals surface area contributed by atoms with Crippen molar-refractivity contribution < 1.29 is 9.21 Å². The summed E-state index contributed by atoms with van der Waals surface area (Å²) < 4.78 is 5.90. The number of aryl methyl sites for hydroxylation is 2. The fourth-order valence-corrected chi connectivity index (χ4v) is 3.36. The van der Waals surface area contributed by atoms with Crippen LogP contribution in [0.2, 0.25) is 0 Å². The zero-order chi connectivity index (χ0) is 20.4. The first-order valence-corrected chi connectivity index (χ1v) is 9.55. The van der Waals surface area contributed by atoms with Crippen molar-refractivity contribution in [1.29, 1.82) is 0 Å². The summed E-state index contributed by atoms with van der Waals surface area (Å²) >= 11 is 5.26. The van der Waals surface area contributed by atoms with Crippen LogP contribution in [-0.2, 0) is 0 Å². The minimum Gasteiger partial charge on any atom is -0.436 e. The Morgan fingerprint density at radius 3 is 2.41 bits per heavy atom. The monoisotopic (exact) mass is 401 g/mol. The van der Waals surface area contributed by atoms with E-state index in [0.29, 0.717) is 22.6 Å². The number of nitrogens with zero attached hydrogens (tertiary/aromatic N) is 1. The van der Waals surface area contributed by atoms with Crippen molar-refractivity contribution in [2.45, 2.75) is 13.8 Å². The molecule has 0 aliphatic carbocycles. The molecular formula is C23H19N3O2S. The smallest absolute Gasteiger partial charge is 0.257 e. The molecule has 3 aromatic carbocycles. The van der Waals surface area contributed by atoms with Gasteiger partial charge in [0.25, 0.3) is 5.91 Å². The zero-order valence-electron chi connectivity index (χ0n) is 16.0. The second-order valence-electron chi connectivity index (χ2n) is 6.85. The molecule has 1 amide bonds. The van der Waals surface area contributed by atoms with E-state index < -0.39 is 0 Å². The van der Waals surface area contributed by atoms with E-state index in [1.54, 1.807) is 24.3 Å². The number of rotatable bonds is 3. The first-order valence-electron chi connectivity index (χ1n) is 9.14. The van der Waals surface area contributed by atoms with Crippen molar-refractivity contribution in [1.82, 2.24) is 10.3 Å². The van der Waals surface area contributed by atoms with E-state index in [1.807, 2.05) is 50.2 Å². The second-order valence-corrected chi connectivity index (χ2v) is 7.26. The van der Waals surface area contributed by atoms with Gasteiger partial charge in [0.15, 0.2) is 10.7 Å². The molecule has 144 valence electrons. The lowest BCUT2D eigenvalue weighted by atomic mass is 10.1. The van der Waals surface area contributed by atoms with E-state index in [1.165, 1.54) is 0 Å². The largest absolute Gasteiger partial charge is 0.436 e. The van der Waals surface area contributed by atoms with Gasteiger partial charge in [-0.2, -0.15) is 0 Å². The highest BCUT2D eigenvalue weighted by Gasteiger charge is 2.11. The molecule has 5 nitrogen and oxygen atoms in total. The Balaban J connectivity index is 1.51. The number of oxazole rings is 1. The fraction of sp³-hybridized carbons (Fsp3) is 0.0870. The van der Waals surface area contributed by atoms with Gasteiger partial charge < -0.3 is 9.73 Å². The van der Waals surface area contributed by atoms with Gasteiger partial charge in [0.05, 0.1) is 0 Å². The molecule has 0 spiro atoms. The van der Waals surface area contributed by atoms with Crippen LogP contribution in [0.5, 0.6) is 0 Å². The molecule has 0 aliphatic heterocycles. The van der Waals surface area contributed by atoms with E-state index in [-0.39, 0.29) is 11.0 Å². The third kappa shape index (κ3) is 4.33. The van der Waals surface area contributed by atoms with E-state index in [9.17, 15) is 4.79 Å². The molecule has 0 atom stereocenters. The molecule has 0 aliphatic rings. The van der Waals surface area contributed by atoms with E-state index in [0.717, 1.165) is 22.4 Å². The molecule has 1 heterocycles. The highest BCUT2D eigenvalue weighted by atomic mass is 32.1. The minimum atomic E-state index is -0.261. The van der Waals surface area contributed by atoms with Crippen molar-refractivity contribution in [2.24, 2.45) is 0 Å². The number of fused-ring (bicyclic) bond motifs is 1. The van der Waals surface area contributed by atoms with Crippen molar-refractivity contribution in [3.63, 3.8) is 0 Å². The number of nitrogens with one attached hydrogen (secondary N) is 2. The standard InChI is InChI=1S/C23H19N3O2S/c1-14-10-15(2)12-17(11-14)22-25-19-13-18(8-9-20(19)28-22)24-23(29)26-21(27)16-6-4-3-5-7-16/h3-13H,1-2H3,(H2,24,26,27,29). The summed E-state index contributed by atoms with van der Waals surface area (Å²) in [6.45, 7) is 4.09. The van der Waals surface area contributed by atoms with Gasteiger partial charge in [0.1, 0.15) is 5.52 Å². The van der Waals surface area contributed by atoms with Crippen LogP contribution in [0.3, 0.4) is 0 Å². The Morgan fingerprint density at radius 2 is 1.69 bits per heavy atom. The van der Waals surface area contributed by atoms with Crippen molar-refractivity contribution in [2.75, 3.05) is 5.32 Å². The van der Waals surface area contributed by atoms with Gasteiger partial charge in [-0.05, 0) is 68.5 Å². The third-order valence-corrected chi connectivity index (χ3v) is 4.58. The number of anilines is 1. The molecule has 4 aromatic rings. The Labute approximate surface area is 173 Å². The van der Waals surface area contributed by atoms with Crippen molar-refractivity contribution in [3.05, 3.63) is 83.4 Å². The van der Waals surface area contributed by atoms with Crippen molar-refractivity contribution in [3.8, 4) is 11.5 Å². The molecule has 0 bridgehead atoms. The topological polar surface area (TPSA) is 67.2 Å². The highest BCUT2D eigenvalue weighted by Crippen LogP contribution is 2.27. The van der Waals surface area contributed by atoms with Gasteiger partial charge >= 0.3 is 0 Å². The molecule has 0 unspecified atom stereocenters. The maximum Gasteiger partial charge on any atom is 0.257 e. The number of thiocarbonyl (C=S) groups is 1. The molecule has 4 rings (SSSR count). The van der Waals surface area contributed by atoms with Crippen LogP contribution >= 0.6 is 12.2 Å². The van der Waals surface area contributed by atoms with E-state index >= 15 is 0 Å². The molecule has 0 saturated heterocycles. The second kappa shape index (κ2) is 7.85. The molecule has 29 heavy (non-hydrogen) atoms. The Hall–Kier alpha value is -3.51. The summed E-state index contributed by atoms with van der Waals surface area (Å²) in [4.78, 5) is 16.8. The van der Waals surface area contributed by atoms with Gasteiger partial charge in [0.2, 0.25) is 5.89 Å². The molecule has 2 N–H and O–H groups in total. The first kappa shape index (κ1) is 18.8. The van der Waals surface area contributed by atoms with Crippen LogP contribution in [-0.4, -0.2) is 16.0 Å². The van der Waals surface area contributed by atoms with E-state index in [4.69, 9.17) is 16.6 Å². The van der Waals surface area contributed by atoms with Gasteiger partial charge in [-0.3, -0.25) is 10.1 Å². The van der Waals surface area contributed by atoms with Crippen LogP contribution < -0.4 is 10.6 Å². The lowest BCUT2D eigenvalue weighted by molar-refractivity contribution is 0.0977. The normalized spacial score (nSPS) is 10.7. The van der Waals surface area contributed by atoms with Gasteiger partial charge in [-0.1, -0.05) is 35.4 Å². The number of hydrogen-bond acceptors (Lipinski definition) is 4. The molecular weight excluding hydrogens is 382 g/mol. The summed E-state index contributed by atoms with van der Waals surface area (Å²) in [7, 11) is 0. The fourth-order valence-electron chi connectivity index (χ4n) is 3.15. The van der Waals surface area contributed by atoms with Gasteiger partial charge in [0, 0.05) is 16.8 Å². The first-order chi connectivity index (χ1) is 14.0. The zero-order valence-corrected chi connectivity index (χ0v) is 16.8.